The monoisotopic (exact) mass is 738 g/mol. The Bertz CT molecular complexity index is 2580. The van der Waals surface area contributed by atoms with Crippen molar-refractivity contribution in [3.05, 3.63) is 75.9 Å². The van der Waals surface area contributed by atoms with Crippen molar-refractivity contribution < 1.29 is 43.3 Å². The number of carbonyl (C=O) groups is 4. The molecular weight excluding hydrogens is 707 g/mol. The van der Waals surface area contributed by atoms with Gasteiger partial charge in [0, 0.05) is 92.4 Å². The first kappa shape index (κ1) is 35.5. The fraction of sp³-hybridized carbons (Fsp3) is 0.278. The van der Waals surface area contributed by atoms with E-state index in [1.54, 1.807) is 25.5 Å². The minimum Gasteiger partial charge on any atom is -0.478 e. The van der Waals surface area contributed by atoms with Crippen LogP contribution in [0, 0.1) is 18.3 Å². The molecule has 6 heterocycles. The number of hydrogen-bond donors (Lipinski definition) is 3. The van der Waals surface area contributed by atoms with Crippen molar-refractivity contribution in [1.82, 2.24) is 24.4 Å². The zero-order valence-corrected chi connectivity index (χ0v) is 29.0. The lowest BCUT2D eigenvalue weighted by molar-refractivity contribution is -0.146. The van der Waals surface area contributed by atoms with Crippen LogP contribution in [0.3, 0.4) is 0 Å². The van der Waals surface area contributed by atoms with Gasteiger partial charge in [-0.25, -0.2) is 38.4 Å². The molecule has 4 aromatic heterocycles. The van der Waals surface area contributed by atoms with E-state index in [4.69, 9.17) is 21.2 Å². The maximum atomic E-state index is 16.0. The van der Waals surface area contributed by atoms with Gasteiger partial charge in [-0.15, -0.1) is 0 Å². The van der Waals surface area contributed by atoms with Crippen LogP contribution in [-0.2, 0) is 26.1 Å². The number of ether oxygens (including phenoxy) is 2. The summed E-state index contributed by atoms with van der Waals surface area (Å²) in [6, 6.07) is 2.58. The number of amides is 1. The molecule has 0 unspecified atom stereocenters. The van der Waals surface area contributed by atoms with E-state index in [9.17, 15) is 29.1 Å². The van der Waals surface area contributed by atoms with Crippen LogP contribution in [0.15, 0.2) is 47.7 Å². The van der Waals surface area contributed by atoms with Crippen LogP contribution < -0.4 is 15.2 Å². The number of halogens is 1. The summed E-state index contributed by atoms with van der Waals surface area (Å²) >= 11 is 0. The molecule has 0 radical (unpaired) electrons. The third-order valence-corrected chi connectivity index (χ3v) is 9.84. The first-order chi connectivity index (χ1) is 25.8. The van der Waals surface area contributed by atoms with Crippen molar-refractivity contribution in [3.63, 3.8) is 0 Å². The van der Waals surface area contributed by atoms with Gasteiger partial charge in [0.15, 0.2) is 0 Å². The molecule has 18 heteroatoms. The molecule has 2 aliphatic heterocycles. The number of carboxylic acid groups (broad SMARTS) is 2. The number of nitrogens with zero attached hydrogens (tertiary/aromatic N) is 7. The number of pyridine rings is 3. The number of aryl methyl sites for hydroxylation is 1. The average molecular weight is 739 g/mol. The standard InChI is InChI=1S/C36H31FN8O9/c1-38-29-22(37)10-23(44(4)36(52)54-16-53-26(48)6-5-25(46)47)30-27(29)28-31(45-8-7-17-13-42(2)15-24(17)45)20(12-39-33(28)41-30)18-9-19-32(49)21(35(50)51)14-43(3)34(19)40-11-18/h5-6,9-12,14,17,24H,7-8,13,15-16H2,2-4H3,(H,39,41)(H,46,47)(H,50,51)/b6-5+/t17-,24+/m0/s1. The van der Waals surface area contributed by atoms with Crippen LogP contribution in [0.4, 0.5) is 26.2 Å². The van der Waals surface area contributed by atoms with Gasteiger partial charge in [-0.1, -0.05) is 0 Å². The second-order valence-corrected chi connectivity index (χ2v) is 13.1. The molecular formula is C36H31FN8O9. The lowest BCUT2D eigenvalue weighted by atomic mass is 9.99. The predicted molar refractivity (Wildman–Crippen MR) is 192 cm³/mol. The number of carbonyl (C=O) groups excluding carboxylic acids is 2. The van der Waals surface area contributed by atoms with Gasteiger partial charge in [0.25, 0.3) is 0 Å². The highest BCUT2D eigenvalue weighted by Gasteiger charge is 2.42. The van der Waals surface area contributed by atoms with Crippen LogP contribution in [-0.4, -0.2) is 105 Å². The number of anilines is 2. The van der Waals surface area contributed by atoms with Crippen LogP contribution in [0.5, 0.6) is 0 Å². The second kappa shape index (κ2) is 13.6. The molecule has 1 amide bonds. The number of hydrogen-bond acceptors (Lipinski definition) is 11. The van der Waals surface area contributed by atoms with Gasteiger partial charge < -0.3 is 39.0 Å². The minimum atomic E-state index is -1.38. The molecule has 2 atom stereocenters. The Balaban J connectivity index is 1.42. The fourth-order valence-corrected chi connectivity index (χ4v) is 7.47. The Labute approximate surface area is 304 Å². The van der Waals surface area contributed by atoms with Gasteiger partial charge in [-0.2, -0.15) is 0 Å². The van der Waals surface area contributed by atoms with Crippen molar-refractivity contribution in [1.29, 1.82) is 0 Å². The van der Waals surface area contributed by atoms with E-state index in [0.29, 0.717) is 46.8 Å². The van der Waals surface area contributed by atoms with E-state index < -0.39 is 47.6 Å². The van der Waals surface area contributed by atoms with Crippen molar-refractivity contribution >= 4 is 74.0 Å². The second-order valence-electron chi connectivity index (χ2n) is 13.1. The number of aromatic nitrogens is 4. The summed E-state index contributed by atoms with van der Waals surface area (Å²) in [5.74, 6) is -4.47. The molecule has 276 valence electrons. The number of benzene rings is 1. The SMILES string of the molecule is [C-]#[N+]c1c(F)cc(N(C)C(=O)OCOC(=O)/C=C/C(=O)O)c2[nH]c3ncc(-c4cnc5c(c4)c(=O)c(C(=O)O)cn5C)c(N4CC[C@H]5CN(C)C[C@H]54)c3c12. The van der Waals surface area contributed by atoms with Crippen molar-refractivity contribution in [2.75, 3.05) is 50.3 Å². The molecule has 7 rings (SSSR count). The molecule has 2 aliphatic rings. The van der Waals surface area contributed by atoms with Gasteiger partial charge in [0.05, 0.1) is 28.8 Å². The summed E-state index contributed by atoms with van der Waals surface area (Å²) in [4.78, 5) is 82.1. The number of nitrogens with one attached hydrogen (secondary N) is 1. The molecule has 3 N–H and O–H groups in total. The zero-order chi connectivity index (χ0) is 38.6. The number of likely N-dealkylation sites (N-methyl/N-ethyl adjacent to an activating group) is 1. The predicted octanol–water partition coefficient (Wildman–Crippen LogP) is 3.87. The number of aromatic amines is 1. The molecule has 17 nitrogen and oxygen atoms in total. The number of H-pyrrole nitrogens is 1. The molecule has 54 heavy (non-hydrogen) atoms. The van der Waals surface area contributed by atoms with E-state index in [1.807, 2.05) is 7.05 Å². The van der Waals surface area contributed by atoms with Crippen LogP contribution in [0.25, 0.3) is 48.9 Å². The van der Waals surface area contributed by atoms with Gasteiger partial charge in [-0.3, -0.25) is 9.69 Å². The van der Waals surface area contributed by atoms with E-state index in [1.165, 1.54) is 17.8 Å². The molecule has 5 aromatic rings. The molecule has 2 fully saturated rings. The van der Waals surface area contributed by atoms with E-state index in [0.717, 1.165) is 30.5 Å². The number of aromatic carboxylic acids is 1. The Morgan fingerprint density at radius 1 is 1.11 bits per heavy atom. The number of likely N-dealkylation sites (tertiary alicyclic amines) is 1. The van der Waals surface area contributed by atoms with E-state index in [-0.39, 0.29) is 45.0 Å². The normalized spacial score (nSPS) is 17.0. The summed E-state index contributed by atoms with van der Waals surface area (Å²) in [7, 11) is 4.90. The highest BCUT2D eigenvalue weighted by Crippen LogP contribution is 2.49. The number of esters is 1. The highest BCUT2D eigenvalue weighted by atomic mass is 19.1. The van der Waals surface area contributed by atoms with Gasteiger partial charge >= 0.3 is 24.0 Å². The van der Waals surface area contributed by atoms with Crippen molar-refractivity contribution in [2.45, 2.75) is 12.5 Å². The van der Waals surface area contributed by atoms with Crippen LogP contribution in [0.2, 0.25) is 0 Å². The van der Waals surface area contributed by atoms with E-state index >= 15 is 4.39 Å². The van der Waals surface area contributed by atoms with Crippen LogP contribution >= 0.6 is 0 Å². The van der Waals surface area contributed by atoms with E-state index in [2.05, 4.69) is 29.6 Å². The summed E-state index contributed by atoms with van der Waals surface area (Å²) in [6.07, 6.45) is 5.31. The first-order valence-electron chi connectivity index (χ1n) is 16.5. The minimum absolute atomic E-state index is 0.0272. The molecule has 0 spiro atoms. The maximum Gasteiger partial charge on any atom is 0.416 e. The summed E-state index contributed by atoms with van der Waals surface area (Å²) in [6.45, 7) is 9.31. The Morgan fingerprint density at radius 3 is 2.61 bits per heavy atom. The zero-order valence-electron chi connectivity index (χ0n) is 29.0. The maximum absolute atomic E-state index is 16.0. The number of aliphatic carboxylic acids is 1. The molecule has 0 saturated carbocycles. The summed E-state index contributed by atoms with van der Waals surface area (Å²) in [5, 5.41) is 19.0. The third-order valence-electron chi connectivity index (χ3n) is 9.84. The quantitative estimate of drug-likeness (QED) is 0.0896. The molecule has 0 bridgehead atoms. The smallest absolute Gasteiger partial charge is 0.416 e. The van der Waals surface area contributed by atoms with Gasteiger partial charge in [0.2, 0.25) is 17.9 Å². The molecule has 2 saturated heterocycles. The largest absolute Gasteiger partial charge is 0.478 e. The Kier molecular flexibility index (Phi) is 8.95. The molecule has 1 aromatic carbocycles. The average Bonchev–Trinajstić information content (AvgIpc) is 3.83. The van der Waals surface area contributed by atoms with Gasteiger partial charge in [0.1, 0.15) is 22.7 Å². The van der Waals surface area contributed by atoms with Crippen molar-refractivity contribution in [2.24, 2.45) is 13.0 Å². The third kappa shape index (κ3) is 5.99. The molecule has 0 aliphatic carbocycles. The number of rotatable bonds is 8. The summed E-state index contributed by atoms with van der Waals surface area (Å²) < 4.78 is 27.2. The Hall–Kier alpha value is -6.87. The topological polar surface area (TPSA) is 205 Å². The highest BCUT2D eigenvalue weighted by molar-refractivity contribution is 6.23. The van der Waals surface area contributed by atoms with Crippen molar-refractivity contribution in [3.8, 4) is 11.1 Å². The summed E-state index contributed by atoms with van der Waals surface area (Å²) in [5.41, 5.74) is 0.744. The number of carboxylic acids is 2. The number of fused-ring (bicyclic) bond motifs is 5. The Morgan fingerprint density at radius 2 is 1.89 bits per heavy atom. The lowest BCUT2D eigenvalue weighted by Crippen LogP contribution is -2.35. The fourth-order valence-electron chi connectivity index (χ4n) is 7.47. The van der Waals surface area contributed by atoms with Crippen LogP contribution in [0.1, 0.15) is 16.8 Å². The van der Waals surface area contributed by atoms with Gasteiger partial charge in [-0.05, 0) is 31.5 Å². The first-order valence-corrected chi connectivity index (χ1v) is 16.5. The lowest BCUT2D eigenvalue weighted by Gasteiger charge is -2.29.